The first-order valence-corrected chi connectivity index (χ1v) is 26.8. The number of hydrogen-bond acceptors (Lipinski definition) is 6. The Morgan fingerprint density at radius 2 is 1.69 bits per heavy atom. The smallest absolute Gasteiger partial charge is 0.454 e. The number of likely N-dealkylation sites (N-methyl/N-ethyl adjacent to an activating group) is 1. The Kier molecular flexibility index (Phi) is 18.5. The second kappa shape index (κ2) is 22.4. The molecule has 0 amide bonds. The number of phosphoric ester groups is 1. The summed E-state index contributed by atoms with van der Waals surface area (Å²) in [4.78, 5) is 23.9. The van der Waals surface area contributed by atoms with Crippen LogP contribution in [0.25, 0.3) is 0 Å². The van der Waals surface area contributed by atoms with Crippen LogP contribution in [0, 0.1) is 51.8 Å². The van der Waals surface area contributed by atoms with Crippen LogP contribution in [0.15, 0.2) is 70.4 Å². The van der Waals surface area contributed by atoms with Crippen molar-refractivity contribution in [1.82, 2.24) is 0 Å². The van der Waals surface area contributed by atoms with E-state index in [4.69, 9.17) is 18.5 Å². The molecule has 3 fully saturated rings. The molecular formula is C55H91NO7P+. The summed E-state index contributed by atoms with van der Waals surface area (Å²) in [6.45, 7) is 23.6. The Hall–Kier alpha value is -2.06. The average Bonchev–Trinajstić information content (AvgIpc) is 3.55. The van der Waals surface area contributed by atoms with Crippen molar-refractivity contribution in [1.29, 1.82) is 0 Å². The number of fused-ring (bicyclic) bond motifs is 5. The zero-order valence-electron chi connectivity index (χ0n) is 42.7. The van der Waals surface area contributed by atoms with Crippen LogP contribution in [0.4, 0.5) is 0 Å². The van der Waals surface area contributed by atoms with Gasteiger partial charge < -0.3 is 18.9 Å². The number of hydrogen-bond donors (Lipinski definition) is 1. The molecule has 362 valence electrons. The molecule has 3 saturated carbocycles. The average molecular weight is 909 g/mol. The van der Waals surface area contributed by atoms with Crippen molar-refractivity contribution in [2.24, 2.45) is 51.8 Å². The zero-order valence-corrected chi connectivity index (χ0v) is 43.6. The third-order valence-corrected chi connectivity index (χ3v) is 17.6. The molecule has 5 rings (SSSR count). The summed E-state index contributed by atoms with van der Waals surface area (Å²) in [7, 11) is 1.56. The topological polar surface area (TPSA) is 91.3 Å². The van der Waals surface area contributed by atoms with Gasteiger partial charge in [0.05, 0.1) is 40.5 Å². The molecule has 5 aliphatic carbocycles. The normalized spacial score (nSPS) is 32.0. The minimum Gasteiger partial charge on any atom is -0.454 e. The van der Waals surface area contributed by atoms with Crippen LogP contribution < -0.4 is 0 Å². The molecule has 0 aromatic carbocycles. The maximum Gasteiger partial charge on any atom is 0.472 e. The van der Waals surface area contributed by atoms with Crippen LogP contribution in [0.3, 0.4) is 0 Å². The molecule has 1 N–H and O–H groups in total. The quantitative estimate of drug-likeness (QED) is 0.0306. The maximum atomic E-state index is 13.3. The number of quaternary nitrogens is 1. The predicted octanol–water partition coefficient (Wildman–Crippen LogP) is 13.7. The lowest BCUT2D eigenvalue weighted by molar-refractivity contribution is -0.870. The highest BCUT2D eigenvalue weighted by Crippen LogP contribution is 2.67. The maximum absolute atomic E-state index is 13.3. The molecular weight excluding hydrogens is 818 g/mol. The van der Waals surface area contributed by atoms with Gasteiger partial charge in [0.1, 0.15) is 19.3 Å². The summed E-state index contributed by atoms with van der Waals surface area (Å²) in [6, 6.07) is 0. The van der Waals surface area contributed by atoms with Crippen molar-refractivity contribution < 1.29 is 37.3 Å². The minimum absolute atomic E-state index is 0.0242. The minimum atomic E-state index is -4.39. The van der Waals surface area contributed by atoms with Crippen LogP contribution in [0.2, 0.25) is 0 Å². The van der Waals surface area contributed by atoms with Gasteiger partial charge in [-0.1, -0.05) is 121 Å². The van der Waals surface area contributed by atoms with Gasteiger partial charge in [-0.25, -0.2) is 9.36 Å². The molecule has 0 saturated heterocycles. The van der Waals surface area contributed by atoms with E-state index in [1.54, 1.807) is 0 Å². The molecule has 0 aromatic rings. The Bertz CT molecular complexity index is 1830. The number of carbonyl (C=O) groups excluding carboxylic acids is 1. The number of ether oxygens (including phenoxy) is 2. The summed E-state index contributed by atoms with van der Waals surface area (Å²) in [5.41, 5.74) is 7.12. The van der Waals surface area contributed by atoms with E-state index < -0.39 is 19.9 Å². The summed E-state index contributed by atoms with van der Waals surface area (Å²) < 4.78 is 36.7. The first kappa shape index (κ1) is 52.9. The predicted molar refractivity (Wildman–Crippen MR) is 263 cm³/mol. The number of carbonyl (C=O) groups is 1. The molecule has 0 spiro atoms. The van der Waals surface area contributed by atoms with Gasteiger partial charge in [0, 0.05) is 6.08 Å². The van der Waals surface area contributed by atoms with E-state index in [-0.39, 0.29) is 36.8 Å². The van der Waals surface area contributed by atoms with Gasteiger partial charge in [0.2, 0.25) is 0 Å². The first-order chi connectivity index (χ1) is 29.9. The number of nitrogens with zero attached hydrogens (tertiary/aromatic N) is 1. The second-order valence-corrected chi connectivity index (χ2v) is 25.0. The van der Waals surface area contributed by atoms with E-state index in [2.05, 4.69) is 80.5 Å². The summed E-state index contributed by atoms with van der Waals surface area (Å²) in [6.07, 6.45) is 30.6. The van der Waals surface area contributed by atoms with Crippen molar-refractivity contribution in [2.45, 2.75) is 171 Å². The third-order valence-electron chi connectivity index (χ3n) is 16.6. The van der Waals surface area contributed by atoms with Gasteiger partial charge in [-0.15, -0.1) is 0 Å². The molecule has 64 heavy (non-hydrogen) atoms. The molecule has 0 aliphatic heterocycles. The van der Waals surface area contributed by atoms with Crippen LogP contribution in [-0.4, -0.2) is 75.1 Å². The number of rotatable bonds is 21. The standard InChI is InChI=1S/C55H90NO7P/c1-39(2)17-14-20-43(6)49-26-27-50-47-24-23-44-36-45(28-31-54(44,9)51(47)29-32-55(49,50)10)60-37-46(38-62-64(58,59)61-34-33-56(11,12)13)63-52(57)35-41(4)19-15-18-40(3)22-25-48-42(5)21-16-30-53(48,7)8/h15,18-19,22-23,25,35,39,43,45-47,49-51H,14,16-17,20-21,24,26-34,36-38H2,1-13H3/p+1/b19-15+,25-22+,40-18+,41-35-/t43-,45+,46?,47+,49-,50+,51+,54+,55-/m1/s1. The van der Waals surface area contributed by atoms with E-state index >= 15 is 0 Å². The Labute approximate surface area is 390 Å². The summed E-state index contributed by atoms with van der Waals surface area (Å²) in [5, 5.41) is 0. The molecule has 0 radical (unpaired) electrons. The number of phosphoric acid groups is 1. The first-order valence-electron chi connectivity index (χ1n) is 25.3. The van der Waals surface area contributed by atoms with E-state index in [0.29, 0.717) is 16.4 Å². The summed E-state index contributed by atoms with van der Waals surface area (Å²) in [5.74, 6) is 4.20. The van der Waals surface area contributed by atoms with E-state index in [0.717, 1.165) is 72.3 Å². The number of esters is 1. The lowest BCUT2D eigenvalue weighted by Gasteiger charge is -2.58. The molecule has 10 atom stereocenters. The van der Waals surface area contributed by atoms with Gasteiger partial charge in [0.25, 0.3) is 0 Å². The molecule has 2 unspecified atom stereocenters. The van der Waals surface area contributed by atoms with Crippen molar-refractivity contribution in [2.75, 3.05) is 47.5 Å². The molecule has 0 bridgehead atoms. The van der Waals surface area contributed by atoms with Crippen LogP contribution >= 0.6 is 7.82 Å². The van der Waals surface area contributed by atoms with E-state index in [9.17, 15) is 14.3 Å². The summed E-state index contributed by atoms with van der Waals surface area (Å²) >= 11 is 0. The van der Waals surface area contributed by atoms with Crippen molar-refractivity contribution >= 4 is 13.8 Å². The lowest BCUT2D eigenvalue weighted by Crippen LogP contribution is -2.51. The van der Waals surface area contributed by atoms with Crippen LogP contribution in [0.1, 0.15) is 159 Å². The molecule has 8 nitrogen and oxygen atoms in total. The highest BCUT2D eigenvalue weighted by atomic mass is 31.2. The molecule has 5 aliphatic rings. The highest BCUT2D eigenvalue weighted by Gasteiger charge is 2.59. The monoisotopic (exact) mass is 909 g/mol. The van der Waals surface area contributed by atoms with Gasteiger partial charge in [-0.2, -0.15) is 0 Å². The second-order valence-electron chi connectivity index (χ2n) is 23.6. The van der Waals surface area contributed by atoms with Crippen LogP contribution in [-0.2, 0) is 27.9 Å². The fraction of sp³-hybridized carbons (Fsp3) is 0.764. The van der Waals surface area contributed by atoms with Crippen LogP contribution in [0.5, 0.6) is 0 Å². The molecule has 0 heterocycles. The van der Waals surface area contributed by atoms with Gasteiger partial charge in [-0.05, 0) is 154 Å². The fourth-order valence-electron chi connectivity index (χ4n) is 12.9. The van der Waals surface area contributed by atoms with Crippen molar-refractivity contribution in [3.8, 4) is 0 Å². The largest absolute Gasteiger partial charge is 0.472 e. The fourth-order valence-corrected chi connectivity index (χ4v) is 13.6. The third kappa shape index (κ3) is 14.2. The SMILES string of the molecule is CC1=C(/C=C/C(C)=C/C=C/C(C)=C\C(=O)OC(CO[C@H]2CC[C@@]3(C)C(=CC[C@H]4[C@@H]5CC[C@H]([C@H](C)CCCC(C)C)[C@@]5(C)CC[C@@H]43)C2)COP(=O)(O)OCC[N+](C)(C)C)C(C)(C)CCC1. The van der Waals surface area contributed by atoms with Crippen molar-refractivity contribution in [3.63, 3.8) is 0 Å². The molecule has 0 aromatic heterocycles. The van der Waals surface area contributed by atoms with Gasteiger partial charge >= 0.3 is 13.8 Å². The lowest BCUT2D eigenvalue weighted by atomic mass is 9.47. The van der Waals surface area contributed by atoms with E-state index in [1.807, 2.05) is 46.3 Å². The zero-order chi connectivity index (χ0) is 47.1. The van der Waals surface area contributed by atoms with E-state index in [1.165, 1.54) is 87.0 Å². The highest BCUT2D eigenvalue weighted by molar-refractivity contribution is 7.47. The Balaban J connectivity index is 1.20. The van der Waals surface area contributed by atoms with Gasteiger partial charge in [0.15, 0.2) is 0 Å². The Morgan fingerprint density at radius 1 is 0.938 bits per heavy atom. The Morgan fingerprint density at radius 3 is 2.39 bits per heavy atom. The number of allylic oxidation sites excluding steroid dienone is 10. The van der Waals surface area contributed by atoms with Gasteiger partial charge in [-0.3, -0.25) is 9.05 Å². The molecule has 9 heteroatoms. The van der Waals surface area contributed by atoms with Crippen molar-refractivity contribution in [3.05, 3.63) is 70.4 Å².